The Hall–Kier alpha value is -4.01. The Bertz CT molecular complexity index is 1290. The molecular weight excluding hydrogens is 416 g/mol. The van der Waals surface area contributed by atoms with Gasteiger partial charge in [0.1, 0.15) is 5.82 Å². The van der Waals surface area contributed by atoms with Crippen molar-refractivity contribution >= 4 is 11.7 Å². The summed E-state index contributed by atoms with van der Waals surface area (Å²) >= 11 is 0. The number of hydrogen-bond acceptors (Lipinski definition) is 6. The Morgan fingerprint density at radius 3 is 2.67 bits per heavy atom. The van der Waals surface area contributed by atoms with Crippen LogP contribution in [0.4, 0.5) is 5.82 Å². The number of aryl methyl sites for hydroxylation is 2. The number of nitrogens with zero attached hydrogens (tertiary/aromatic N) is 7. The molecule has 0 radical (unpaired) electrons. The van der Waals surface area contributed by atoms with Crippen molar-refractivity contribution in [3.05, 3.63) is 55.1 Å². The van der Waals surface area contributed by atoms with Crippen molar-refractivity contribution in [1.29, 1.82) is 0 Å². The van der Waals surface area contributed by atoms with E-state index in [1.165, 1.54) is 0 Å². The van der Waals surface area contributed by atoms with Gasteiger partial charge in [-0.3, -0.25) is 14.2 Å². The molecule has 0 bridgehead atoms. The Morgan fingerprint density at radius 2 is 1.94 bits per heavy atom. The summed E-state index contributed by atoms with van der Waals surface area (Å²) in [6.45, 7) is 2.08. The molecule has 3 aromatic heterocycles. The molecule has 1 aliphatic rings. The van der Waals surface area contributed by atoms with Gasteiger partial charge in [0, 0.05) is 69.9 Å². The second-order valence-electron chi connectivity index (χ2n) is 8.23. The Kier molecular flexibility index (Phi) is 5.60. The number of likely N-dealkylation sites (tertiary alicyclic amines) is 1. The minimum atomic E-state index is 0.220. The first-order chi connectivity index (χ1) is 16.1. The Balaban J connectivity index is 1.45. The van der Waals surface area contributed by atoms with Gasteiger partial charge in [0.05, 0.1) is 17.5 Å². The molecule has 5 rings (SSSR count). The molecule has 0 aliphatic carbocycles. The molecule has 4 heterocycles. The van der Waals surface area contributed by atoms with E-state index in [0.717, 1.165) is 40.9 Å². The van der Waals surface area contributed by atoms with Gasteiger partial charge in [-0.05, 0) is 24.1 Å². The lowest BCUT2D eigenvalue weighted by atomic mass is 10.1. The lowest BCUT2D eigenvalue weighted by Gasteiger charge is -2.17. The summed E-state index contributed by atoms with van der Waals surface area (Å²) in [5, 5.41) is 12.2. The Morgan fingerprint density at radius 1 is 1.06 bits per heavy atom. The average molecular weight is 443 g/mol. The van der Waals surface area contributed by atoms with Crippen molar-refractivity contribution in [2.24, 2.45) is 14.1 Å². The zero-order chi connectivity index (χ0) is 22.8. The van der Waals surface area contributed by atoms with Crippen molar-refractivity contribution in [3.8, 4) is 33.8 Å². The summed E-state index contributed by atoms with van der Waals surface area (Å²) in [7, 11) is 3.79. The van der Waals surface area contributed by atoms with Gasteiger partial charge in [0.15, 0.2) is 5.82 Å². The van der Waals surface area contributed by atoms with Crippen LogP contribution in [0.1, 0.15) is 12.8 Å². The highest BCUT2D eigenvalue weighted by Gasteiger charge is 2.20. The van der Waals surface area contributed by atoms with Gasteiger partial charge < -0.3 is 10.2 Å². The number of benzene rings is 1. The first-order valence-corrected chi connectivity index (χ1v) is 11.0. The molecule has 0 atom stereocenters. The zero-order valence-electron chi connectivity index (χ0n) is 18.8. The number of aromatic nitrogens is 6. The summed E-state index contributed by atoms with van der Waals surface area (Å²) in [6, 6.07) is 10.1. The maximum Gasteiger partial charge on any atom is 0.222 e. The van der Waals surface area contributed by atoms with Crippen LogP contribution in [0.3, 0.4) is 0 Å². The van der Waals surface area contributed by atoms with Gasteiger partial charge in [-0.2, -0.15) is 10.2 Å². The molecule has 4 aromatic rings. The molecule has 1 aromatic carbocycles. The van der Waals surface area contributed by atoms with Crippen molar-refractivity contribution in [1.82, 2.24) is 34.4 Å². The fraction of sp³-hybridized carbons (Fsp3) is 0.292. The van der Waals surface area contributed by atoms with Crippen molar-refractivity contribution < 1.29 is 4.79 Å². The first kappa shape index (κ1) is 20.9. The van der Waals surface area contributed by atoms with E-state index >= 15 is 0 Å². The van der Waals surface area contributed by atoms with Gasteiger partial charge in [-0.1, -0.05) is 18.2 Å². The normalized spacial score (nSPS) is 13.6. The monoisotopic (exact) mass is 442 g/mol. The number of hydrogen-bond donors (Lipinski definition) is 1. The molecule has 33 heavy (non-hydrogen) atoms. The smallest absolute Gasteiger partial charge is 0.222 e. The second kappa shape index (κ2) is 8.85. The SMILES string of the molecule is Cn1cc(-c2cccc(-c3ncc(-c4ccn(C)n4)c(NCCN4CCCC4=O)n3)c2)cn1. The van der Waals surface area contributed by atoms with Gasteiger partial charge in [-0.15, -0.1) is 0 Å². The molecule has 1 saturated heterocycles. The predicted molar refractivity (Wildman–Crippen MR) is 126 cm³/mol. The molecule has 168 valence electrons. The summed E-state index contributed by atoms with van der Waals surface area (Å²) in [5.74, 6) is 1.55. The molecule has 1 N–H and O–H groups in total. The third kappa shape index (κ3) is 4.48. The fourth-order valence-corrected chi connectivity index (χ4v) is 4.06. The summed E-state index contributed by atoms with van der Waals surface area (Å²) in [6.07, 6.45) is 9.11. The second-order valence-corrected chi connectivity index (χ2v) is 8.23. The number of anilines is 1. The average Bonchev–Trinajstić information content (AvgIpc) is 3.56. The molecule has 9 nitrogen and oxygen atoms in total. The van der Waals surface area contributed by atoms with Crippen LogP contribution in [-0.2, 0) is 18.9 Å². The molecule has 0 saturated carbocycles. The lowest BCUT2D eigenvalue weighted by Crippen LogP contribution is -2.30. The number of rotatable bonds is 7. The highest BCUT2D eigenvalue weighted by molar-refractivity contribution is 5.78. The first-order valence-electron chi connectivity index (χ1n) is 11.0. The van der Waals surface area contributed by atoms with Crippen LogP contribution in [0.25, 0.3) is 33.8 Å². The van der Waals surface area contributed by atoms with E-state index in [9.17, 15) is 4.79 Å². The van der Waals surface area contributed by atoms with Gasteiger partial charge >= 0.3 is 0 Å². The number of carbonyl (C=O) groups excluding carboxylic acids is 1. The molecular formula is C24H26N8O. The molecule has 1 amide bonds. The zero-order valence-corrected chi connectivity index (χ0v) is 18.8. The maximum absolute atomic E-state index is 12.0. The third-order valence-corrected chi connectivity index (χ3v) is 5.78. The van der Waals surface area contributed by atoms with E-state index in [1.54, 1.807) is 9.36 Å². The van der Waals surface area contributed by atoms with Crippen LogP contribution >= 0.6 is 0 Å². The van der Waals surface area contributed by atoms with E-state index in [0.29, 0.717) is 31.2 Å². The van der Waals surface area contributed by atoms with E-state index in [4.69, 9.17) is 4.98 Å². The van der Waals surface area contributed by atoms with Crippen molar-refractivity contribution in [2.75, 3.05) is 25.0 Å². The van der Waals surface area contributed by atoms with E-state index in [2.05, 4.69) is 32.6 Å². The van der Waals surface area contributed by atoms with Gasteiger partial charge in [0.2, 0.25) is 5.91 Å². The van der Waals surface area contributed by atoms with Crippen LogP contribution in [0, 0.1) is 0 Å². The summed E-state index contributed by atoms with van der Waals surface area (Å²) in [4.78, 5) is 23.3. The van der Waals surface area contributed by atoms with E-state index < -0.39 is 0 Å². The topological polar surface area (TPSA) is 93.8 Å². The molecule has 1 fully saturated rings. The van der Waals surface area contributed by atoms with Gasteiger partial charge in [0.25, 0.3) is 0 Å². The molecule has 0 spiro atoms. The minimum Gasteiger partial charge on any atom is -0.368 e. The number of amides is 1. The third-order valence-electron chi connectivity index (χ3n) is 5.78. The molecule has 9 heteroatoms. The van der Waals surface area contributed by atoms with Gasteiger partial charge in [-0.25, -0.2) is 9.97 Å². The highest BCUT2D eigenvalue weighted by atomic mass is 16.2. The van der Waals surface area contributed by atoms with Crippen LogP contribution in [0.5, 0.6) is 0 Å². The van der Waals surface area contributed by atoms with Crippen LogP contribution in [0.15, 0.2) is 55.1 Å². The number of nitrogens with one attached hydrogen (secondary N) is 1. The van der Waals surface area contributed by atoms with Crippen molar-refractivity contribution in [2.45, 2.75) is 12.8 Å². The lowest BCUT2D eigenvalue weighted by molar-refractivity contribution is -0.127. The summed E-state index contributed by atoms with van der Waals surface area (Å²) < 4.78 is 3.54. The van der Waals surface area contributed by atoms with E-state index in [1.807, 2.05) is 62.0 Å². The summed E-state index contributed by atoms with van der Waals surface area (Å²) in [5.41, 5.74) is 4.64. The van der Waals surface area contributed by atoms with Crippen LogP contribution in [-0.4, -0.2) is 60.0 Å². The predicted octanol–water partition coefficient (Wildman–Crippen LogP) is 2.98. The van der Waals surface area contributed by atoms with Crippen LogP contribution in [0.2, 0.25) is 0 Å². The highest BCUT2D eigenvalue weighted by Crippen LogP contribution is 2.29. The van der Waals surface area contributed by atoms with Crippen molar-refractivity contribution in [3.63, 3.8) is 0 Å². The standard InChI is InChI=1S/C24H26N8O/c1-30-11-8-21(29-30)20-15-26-23(28-24(20)25-9-12-32-10-4-7-22(32)33)18-6-3-5-17(13-18)19-14-27-31(2)16-19/h3,5-6,8,11,13-16H,4,7,9-10,12H2,1-2H3,(H,25,26,28). The fourth-order valence-electron chi connectivity index (χ4n) is 4.06. The molecule has 1 aliphatic heterocycles. The minimum absolute atomic E-state index is 0.220. The largest absolute Gasteiger partial charge is 0.368 e. The maximum atomic E-state index is 12.0. The number of carbonyl (C=O) groups is 1. The quantitative estimate of drug-likeness (QED) is 0.473. The van der Waals surface area contributed by atoms with Crippen LogP contribution < -0.4 is 5.32 Å². The molecule has 0 unspecified atom stereocenters. The Labute approximate surface area is 192 Å². The van der Waals surface area contributed by atoms with E-state index in [-0.39, 0.29) is 5.91 Å².